The molecule has 0 bridgehead atoms. The molecule has 162 valence electrons. The highest BCUT2D eigenvalue weighted by molar-refractivity contribution is 8.01. The van der Waals surface area contributed by atoms with Gasteiger partial charge in [-0.15, -0.1) is 11.8 Å². The van der Waals surface area contributed by atoms with Crippen LogP contribution in [0.5, 0.6) is 0 Å². The lowest BCUT2D eigenvalue weighted by atomic mass is 10.0. The van der Waals surface area contributed by atoms with E-state index in [1.807, 2.05) is 37.3 Å². The second-order valence-corrected chi connectivity index (χ2v) is 9.04. The van der Waals surface area contributed by atoms with Crippen molar-refractivity contribution >= 4 is 41.4 Å². The second-order valence-electron chi connectivity index (χ2n) is 6.97. The van der Waals surface area contributed by atoms with Crippen LogP contribution in [0.1, 0.15) is 18.5 Å². The number of nitrogens with zero attached hydrogens (tertiary/aromatic N) is 3. The highest BCUT2D eigenvalue weighted by Crippen LogP contribution is 2.41. The number of aliphatic carboxylic acids is 1. The fraction of sp³-hybridized carbons (Fsp3) is 0.316. The minimum atomic E-state index is -1.16. The monoisotopic (exact) mass is 460 g/mol. The quantitative estimate of drug-likeness (QED) is 0.361. The third kappa shape index (κ3) is 4.39. The van der Waals surface area contributed by atoms with Crippen LogP contribution in [-0.2, 0) is 9.59 Å². The highest BCUT2D eigenvalue weighted by atomic mass is 32.2. The van der Waals surface area contributed by atoms with E-state index in [1.165, 1.54) is 34.8 Å². The lowest BCUT2D eigenvalue weighted by molar-refractivity contribution is -0.148. The number of aromatic nitrogens is 3. The fourth-order valence-corrected chi connectivity index (χ4v) is 5.68. The van der Waals surface area contributed by atoms with Gasteiger partial charge in [0.1, 0.15) is 23.4 Å². The number of amides is 3. The number of carboxylic acid groups (broad SMARTS) is 1. The van der Waals surface area contributed by atoms with Crippen LogP contribution >= 0.6 is 23.5 Å². The van der Waals surface area contributed by atoms with Gasteiger partial charge in [0.25, 0.3) is 5.91 Å². The van der Waals surface area contributed by atoms with Gasteiger partial charge < -0.3 is 15.7 Å². The fourth-order valence-electron chi connectivity index (χ4n) is 3.42. The molecule has 3 heterocycles. The number of carboxylic acids is 1. The molecular weight excluding hydrogens is 440 g/mol. The van der Waals surface area contributed by atoms with Gasteiger partial charge in [-0.05, 0) is 18.1 Å². The van der Waals surface area contributed by atoms with Crippen molar-refractivity contribution in [2.24, 2.45) is 0 Å². The standard InChI is InChI=1S/C19H20N6O4S2/c1-10(11-5-3-2-4-6-11)22-18(29)23-13-15(26)25-14(17(27)28)12(7-30-16(13)25)8-31-19-20-9-21-24-19/h2-6,9-10,13,16H,7-8H2,1H3,(H,27,28)(H,20,21,24)(H2,22,23,29)/t10?,13?,16-/m1/s1. The van der Waals surface area contributed by atoms with E-state index in [9.17, 15) is 19.5 Å². The van der Waals surface area contributed by atoms with E-state index in [-0.39, 0.29) is 11.7 Å². The molecule has 2 aliphatic heterocycles. The maximum absolute atomic E-state index is 12.7. The maximum Gasteiger partial charge on any atom is 0.352 e. The van der Waals surface area contributed by atoms with Gasteiger partial charge >= 0.3 is 12.0 Å². The van der Waals surface area contributed by atoms with E-state index < -0.39 is 29.3 Å². The predicted octanol–water partition coefficient (Wildman–Crippen LogP) is 1.58. The summed E-state index contributed by atoms with van der Waals surface area (Å²) in [6.07, 6.45) is 1.37. The molecule has 3 amide bonds. The predicted molar refractivity (Wildman–Crippen MR) is 115 cm³/mol. The van der Waals surface area contributed by atoms with Crippen molar-refractivity contribution in [1.29, 1.82) is 0 Å². The van der Waals surface area contributed by atoms with Gasteiger partial charge in [0, 0.05) is 11.5 Å². The van der Waals surface area contributed by atoms with Gasteiger partial charge in [-0.1, -0.05) is 42.1 Å². The smallest absolute Gasteiger partial charge is 0.352 e. The molecule has 4 rings (SSSR count). The molecule has 1 aromatic heterocycles. The summed E-state index contributed by atoms with van der Waals surface area (Å²) < 4.78 is 0. The highest BCUT2D eigenvalue weighted by Gasteiger charge is 2.54. The van der Waals surface area contributed by atoms with E-state index in [0.29, 0.717) is 22.2 Å². The van der Waals surface area contributed by atoms with Crippen LogP contribution in [0.15, 0.2) is 53.1 Å². The molecule has 3 atom stereocenters. The molecule has 4 N–H and O–H groups in total. The van der Waals surface area contributed by atoms with Crippen molar-refractivity contribution in [1.82, 2.24) is 30.7 Å². The van der Waals surface area contributed by atoms with Crippen LogP contribution in [0, 0.1) is 0 Å². The topological polar surface area (TPSA) is 140 Å². The number of aromatic amines is 1. The van der Waals surface area contributed by atoms with Crippen LogP contribution in [0.4, 0.5) is 4.79 Å². The van der Waals surface area contributed by atoms with E-state index in [0.717, 1.165) is 5.56 Å². The van der Waals surface area contributed by atoms with Gasteiger partial charge in [0.15, 0.2) is 5.16 Å². The van der Waals surface area contributed by atoms with E-state index in [1.54, 1.807) is 0 Å². The summed E-state index contributed by atoms with van der Waals surface area (Å²) in [5.41, 5.74) is 1.55. The molecule has 10 nitrogen and oxygen atoms in total. The number of fused-ring (bicyclic) bond motifs is 1. The van der Waals surface area contributed by atoms with E-state index in [2.05, 4.69) is 25.8 Å². The lowest BCUT2D eigenvalue weighted by Gasteiger charge is -2.49. The molecule has 0 saturated carbocycles. The summed E-state index contributed by atoms with van der Waals surface area (Å²) in [6.45, 7) is 1.85. The average Bonchev–Trinajstić information content (AvgIpc) is 3.29. The summed E-state index contributed by atoms with van der Waals surface area (Å²) in [5, 5.41) is 21.8. The summed E-state index contributed by atoms with van der Waals surface area (Å²) in [7, 11) is 0. The molecule has 0 aliphatic carbocycles. The van der Waals surface area contributed by atoms with Crippen molar-refractivity contribution in [3.63, 3.8) is 0 Å². The molecule has 0 spiro atoms. The Kier molecular flexibility index (Phi) is 6.18. The molecular formula is C19H20N6O4S2. The zero-order valence-electron chi connectivity index (χ0n) is 16.4. The molecule has 1 fully saturated rings. The Hall–Kier alpha value is -2.99. The molecule has 1 saturated heterocycles. The van der Waals surface area contributed by atoms with Crippen molar-refractivity contribution in [2.45, 2.75) is 29.5 Å². The number of thioether (sulfide) groups is 2. The summed E-state index contributed by atoms with van der Waals surface area (Å²) >= 11 is 2.75. The normalized spacial score (nSPS) is 21.2. The summed E-state index contributed by atoms with van der Waals surface area (Å²) in [6, 6.07) is 7.99. The number of β-lactam (4-membered cyclic amide) rings is 1. The number of hydrogen-bond acceptors (Lipinski definition) is 7. The van der Waals surface area contributed by atoms with Crippen LogP contribution in [0.25, 0.3) is 0 Å². The largest absolute Gasteiger partial charge is 0.477 e. The first-order valence-electron chi connectivity index (χ1n) is 9.46. The molecule has 1 aromatic carbocycles. The molecule has 2 aliphatic rings. The maximum atomic E-state index is 12.7. The Balaban J connectivity index is 1.40. The van der Waals surface area contributed by atoms with E-state index in [4.69, 9.17) is 0 Å². The van der Waals surface area contributed by atoms with Gasteiger partial charge in [0.2, 0.25) is 0 Å². The summed E-state index contributed by atoms with van der Waals surface area (Å²) in [4.78, 5) is 42.3. The minimum absolute atomic E-state index is 0.0168. The third-order valence-corrected chi connectivity index (χ3v) is 7.26. The number of hydrogen-bond donors (Lipinski definition) is 4. The molecule has 0 radical (unpaired) electrons. The second kappa shape index (κ2) is 9.02. The van der Waals surface area contributed by atoms with Crippen molar-refractivity contribution < 1.29 is 19.5 Å². The van der Waals surface area contributed by atoms with Crippen LogP contribution in [-0.4, -0.2) is 66.0 Å². The van der Waals surface area contributed by atoms with Crippen LogP contribution in [0.3, 0.4) is 0 Å². The van der Waals surface area contributed by atoms with Crippen molar-refractivity contribution in [3.05, 3.63) is 53.5 Å². The van der Waals surface area contributed by atoms with Crippen molar-refractivity contribution in [2.75, 3.05) is 11.5 Å². The Morgan fingerprint density at radius 3 is 2.84 bits per heavy atom. The number of H-pyrrole nitrogens is 1. The Morgan fingerprint density at radius 2 is 2.16 bits per heavy atom. The first kappa shape index (κ1) is 21.2. The zero-order valence-corrected chi connectivity index (χ0v) is 18.1. The Labute approximate surface area is 186 Å². The number of benzene rings is 1. The zero-order chi connectivity index (χ0) is 22.0. The SMILES string of the molecule is CC(NC(=O)NC1C(=O)N2C(C(=O)O)=C(CSc3ncn[nH]3)CS[C@H]12)c1ccccc1. The number of urea groups is 1. The van der Waals surface area contributed by atoms with E-state index >= 15 is 0 Å². The molecule has 2 aromatic rings. The Bertz CT molecular complexity index is 1010. The molecule has 2 unspecified atom stereocenters. The third-order valence-electron chi connectivity index (χ3n) is 4.96. The van der Waals surface area contributed by atoms with Gasteiger partial charge in [-0.3, -0.25) is 14.8 Å². The van der Waals surface area contributed by atoms with Gasteiger partial charge in [-0.25, -0.2) is 14.6 Å². The molecule has 31 heavy (non-hydrogen) atoms. The number of carbonyl (C=O) groups excluding carboxylic acids is 2. The molecule has 12 heteroatoms. The Morgan fingerprint density at radius 1 is 1.39 bits per heavy atom. The minimum Gasteiger partial charge on any atom is -0.477 e. The van der Waals surface area contributed by atoms with Gasteiger partial charge in [0.05, 0.1) is 6.04 Å². The van der Waals surface area contributed by atoms with Crippen LogP contribution in [0.2, 0.25) is 0 Å². The number of rotatable bonds is 7. The summed E-state index contributed by atoms with van der Waals surface area (Å²) in [5.74, 6) is -0.781. The number of carbonyl (C=O) groups is 3. The van der Waals surface area contributed by atoms with Gasteiger partial charge in [-0.2, -0.15) is 5.10 Å². The van der Waals surface area contributed by atoms with Crippen molar-refractivity contribution in [3.8, 4) is 0 Å². The average molecular weight is 461 g/mol. The first-order valence-corrected chi connectivity index (χ1v) is 11.5. The first-order chi connectivity index (χ1) is 15.0. The van der Waals surface area contributed by atoms with Crippen LogP contribution < -0.4 is 10.6 Å². The number of nitrogens with one attached hydrogen (secondary N) is 3. The lowest BCUT2D eigenvalue weighted by Crippen LogP contribution is -2.71.